The van der Waals surface area contributed by atoms with Crippen molar-refractivity contribution in [1.82, 2.24) is 9.47 Å². The predicted octanol–water partition coefficient (Wildman–Crippen LogP) is 3.16. The number of piperidine rings is 1. The van der Waals surface area contributed by atoms with Crippen molar-refractivity contribution < 1.29 is 14.7 Å². The molecule has 0 aromatic carbocycles. The Bertz CT molecular complexity index is 567. The first-order valence-corrected chi connectivity index (χ1v) is 7.94. The molecule has 0 spiro atoms. The van der Waals surface area contributed by atoms with Gasteiger partial charge in [0.2, 0.25) is 0 Å². The standard InChI is InChI=1S/C15H21BrN2O3/c1-10(2)18-8-11(16)7-12(18)13(19)17-6-4-5-15(3,9-17)14(20)21/h7-8,10H,4-6,9H2,1-3H3,(H,20,21). The van der Waals surface area contributed by atoms with E-state index in [2.05, 4.69) is 15.9 Å². The number of carboxylic acids is 1. The normalized spacial score (nSPS) is 22.6. The van der Waals surface area contributed by atoms with E-state index in [4.69, 9.17) is 0 Å². The van der Waals surface area contributed by atoms with E-state index in [1.54, 1.807) is 17.9 Å². The first-order valence-electron chi connectivity index (χ1n) is 7.14. The maximum atomic E-state index is 12.7. The molecule has 1 aliphatic rings. The van der Waals surface area contributed by atoms with Gasteiger partial charge in [0, 0.05) is 29.8 Å². The molecule has 5 nitrogen and oxygen atoms in total. The molecular formula is C15H21BrN2O3. The van der Waals surface area contributed by atoms with Crippen LogP contribution in [0.2, 0.25) is 0 Å². The van der Waals surface area contributed by atoms with Gasteiger partial charge in [-0.25, -0.2) is 0 Å². The summed E-state index contributed by atoms with van der Waals surface area (Å²) in [6.07, 6.45) is 3.22. The maximum absolute atomic E-state index is 12.7. The number of rotatable bonds is 3. The van der Waals surface area contributed by atoms with E-state index in [9.17, 15) is 14.7 Å². The fourth-order valence-electron chi connectivity index (χ4n) is 2.79. The first-order chi connectivity index (χ1) is 9.74. The second kappa shape index (κ2) is 5.83. The summed E-state index contributed by atoms with van der Waals surface area (Å²) in [5.74, 6) is -0.929. The second-order valence-corrected chi connectivity index (χ2v) is 7.16. The van der Waals surface area contributed by atoms with Crippen molar-refractivity contribution in [2.75, 3.05) is 13.1 Å². The number of likely N-dealkylation sites (tertiary alicyclic amines) is 1. The van der Waals surface area contributed by atoms with Crippen LogP contribution in [0.3, 0.4) is 0 Å². The largest absolute Gasteiger partial charge is 0.481 e. The smallest absolute Gasteiger partial charge is 0.311 e. The molecule has 1 aromatic rings. The number of amides is 1. The lowest BCUT2D eigenvalue weighted by Crippen LogP contribution is -2.48. The Morgan fingerprint density at radius 2 is 2.10 bits per heavy atom. The van der Waals surface area contributed by atoms with Gasteiger partial charge in [-0.2, -0.15) is 0 Å². The number of hydrogen-bond acceptors (Lipinski definition) is 2. The Hall–Kier alpha value is -1.30. The minimum Gasteiger partial charge on any atom is -0.481 e. The van der Waals surface area contributed by atoms with Gasteiger partial charge in [0.1, 0.15) is 5.69 Å². The lowest BCUT2D eigenvalue weighted by Gasteiger charge is -2.37. The van der Waals surface area contributed by atoms with E-state index in [-0.39, 0.29) is 18.5 Å². The number of carboxylic acid groups (broad SMARTS) is 1. The highest BCUT2D eigenvalue weighted by Gasteiger charge is 2.40. The molecule has 1 aromatic heterocycles. The SMILES string of the molecule is CC(C)n1cc(Br)cc1C(=O)N1CCCC(C)(C(=O)O)C1. The first kappa shape index (κ1) is 16.1. The highest BCUT2D eigenvalue weighted by atomic mass is 79.9. The summed E-state index contributed by atoms with van der Waals surface area (Å²) in [6, 6.07) is 1.97. The average Bonchev–Trinajstić information content (AvgIpc) is 2.80. The predicted molar refractivity (Wildman–Crippen MR) is 83.4 cm³/mol. The van der Waals surface area contributed by atoms with Gasteiger partial charge >= 0.3 is 5.97 Å². The Kier molecular flexibility index (Phi) is 4.46. The molecule has 0 bridgehead atoms. The summed E-state index contributed by atoms with van der Waals surface area (Å²) in [4.78, 5) is 25.8. The molecule has 1 aliphatic heterocycles. The lowest BCUT2D eigenvalue weighted by molar-refractivity contribution is -0.150. The van der Waals surface area contributed by atoms with Crippen molar-refractivity contribution in [3.8, 4) is 0 Å². The van der Waals surface area contributed by atoms with Gasteiger partial charge in [0.15, 0.2) is 0 Å². The van der Waals surface area contributed by atoms with Crippen molar-refractivity contribution in [2.24, 2.45) is 5.41 Å². The molecule has 2 rings (SSSR count). The fourth-order valence-corrected chi connectivity index (χ4v) is 3.23. The van der Waals surface area contributed by atoms with Gasteiger partial charge < -0.3 is 14.6 Å². The zero-order valence-electron chi connectivity index (χ0n) is 12.6. The van der Waals surface area contributed by atoms with Gasteiger partial charge in [-0.05, 0) is 55.6 Å². The van der Waals surface area contributed by atoms with Crippen LogP contribution in [0.5, 0.6) is 0 Å². The third-order valence-electron chi connectivity index (χ3n) is 4.09. The molecule has 1 amide bonds. The lowest BCUT2D eigenvalue weighted by atomic mass is 9.82. The molecule has 0 radical (unpaired) electrons. The Labute approximate surface area is 133 Å². The highest BCUT2D eigenvalue weighted by molar-refractivity contribution is 9.10. The number of carbonyl (C=O) groups is 2. The minimum absolute atomic E-state index is 0.0958. The molecule has 21 heavy (non-hydrogen) atoms. The summed E-state index contributed by atoms with van der Waals surface area (Å²) in [5, 5.41) is 9.36. The second-order valence-electron chi connectivity index (χ2n) is 6.24. The summed E-state index contributed by atoms with van der Waals surface area (Å²) < 4.78 is 2.77. The number of nitrogens with zero attached hydrogens (tertiary/aromatic N) is 2. The van der Waals surface area contributed by atoms with Gasteiger partial charge in [0.05, 0.1) is 5.41 Å². The molecule has 6 heteroatoms. The van der Waals surface area contributed by atoms with E-state index in [0.717, 1.165) is 10.9 Å². The average molecular weight is 357 g/mol. The van der Waals surface area contributed by atoms with Crippen LogP contribution in [0.25, 0.3) is 0 Å². The zero-order valence-corrected chi connectivity index (χ0v) is 14.2. The van der Waals surface area contributed by atoms with E-state index in [0.29, 0.717) is 18.7 Å². The van der Waals surface area contributed by atoms with Crippen LogP contribution in [-0.4, -0.2) is 39.5 Å². The molecule has 1 unspecified atom stereocenters. The van der Waals surface area contributed by atoms with Crippen LogP contribution in [-0.2, 0) is 4.79 Å². The van der Waals surface area contributed by atoms with Crippen molar-refractivity contribution in [1.29, 1.82) is 0 Å². The number of halogens is 1. The molecule has 0 aliphatic carbocycles. The van der Waals surface area contributed by atoms with Gasteiger partial charge in [-0.15, -0.1) is 0 Å². The van der Waals surface area contributed by atoms with Crippen LogP contribution >= 0.6 is 15.9 Å². The van der Waals surface area contributed by atoms with E-state index in [1.807, 2.05) is 24.6 Å². The Morgan fingerprint density at radius 1 is 1.43 bits per heavy atom. The van der Waals surface area contributed by atoms with Gasteiger partial charge in [-0.1, -0.05) is 0 Å². The topological polar surface area (TPSA) is 62.5 Å². The zero-order chi connectivity index (χ0) is 15.8. The molecule has 1 fully saturated rings. The fraction of sp³-hybridized carbons (Fsp3) is 0.600. The van der Waals surface area contributed by atoms with Gasteiger partial charge in [-0.3, -0.25) is 9.59 Å². The summed E-state index contributed by atoms with van der Waals surface area (Å²) in [6.45, 7) is 6.62. The number of hydrogen-bond donors (Lipinski definition) is 1. The van der Waals surface area contributed by atoms with Crippen LogP contribution in [0.15, 0.2) is 16.7 Å². The van der Waals surface area contributed by atoms with Crippen LogP contribution < -0.4 is 0 Å². The monoisotopic (exact) mass is 356 g/mol. The van der Waals surface area contributed by atoms with E-state index >= 15 is 0 Å². The van der Waals surface area contributed by atoms with Crippen molar-refractivity contribution in [2.45, 2.75) is 39.7 Å². The van der Waals surface area contributed by atoms with Crippen molar-refractivity contribution >= 4 is 27.8 Å². The molecule has 0 saturated carbocycles. The summed E-state index contributed by atoms with van der Waals surface area (Å²) in [7, 11) is 0. The van der Waals surface area contributed by atoms with Gasteiger partial charge in [0.25, 0.3) is 5.91 Å². The summed E-state index contributed by atoms with van der Waals surface area (Å²) >= 11 is 3.40. The van der Waals surface area contributed by atoms with Crippen molar-refractivity contribution in [3.05, 3.63) is 22.4 Å². The number of aromatic nitrogens is 1. The number of aliphatic carboxylic acids is 1. The van der Waals surface area contributed by atoms with Crippen LogP contribution in [0.1, 0.15) is 50.1 Å². The number of carbonyl (C=O) groups excluding carboxylic acids is 1. The Balaban J connectivity index is 2.26. The molecule has 1 atom stereocenters. The molecule has 1 saturated heterocycles. The Morgan fingerprint density at radius 3 is 2.67 bits per heavy atom. The molecule has 2 heterocycles. The maximum Gasteiger partial charge on any atom is 0.311 e. The molecule has 1 N–H and O–H groups in total. The summed E-state index contributed by atoms with van der Waals surface area (Å²) in [5.41, 5.74) is -0.244. The van der Waals surface area contributed by atoms with Crippen LogP contribution in [0, 0.1) is 5.41 Å². The van der Waals surface area contributed by atoms with Crippen molar-refractivity contribution in [3.63, 3.8) is 0 Å². The highest BCUT2D eigenvalue weighted by Crippen LogP contribution is 2.31. The third-order valence-corrected chi connectivity index (χ3v) is 4.52. The van der Waals surface area contributed by atoms with Crippen LogP contribution in [0.4, 0.5) is 0 Å². The third kappa shape index (κ3) is 3.15. The quantitative estimate of drug-likeness (QED) is 0.904. The van der Waals surface area contributed by atoms with E-state index < -0.39 is 11.4 Å². The van der Waals surface area contributed by atoms with E-state index in [1.165, 1.54) is 0 Å². The molecule has 116 valence electrons. The minimum atomic E-state index is -0.847. The molecular weight excluding hydrogens is 336 g/mol.